The number of carbonyl (C=O) groups excluding carboxylic acids is 1. The molecule has 0 saturated heterocycles. The lowest BCUT2D eigenvalue weighted by atomic mass is 9.96. The van der Waals surface area contributed by atoms with Crippen LogP contribution in [0.2, 0.25) is 0 Å². The van der Waals surface area contributed by atoms with Gasteiger partial charge >= 0.3 is 0 Å². The van der Waals surface area contributed by atoms with Crippen LogP contribution in [0.5, 0.6) is 5.75 Å². The number of hydrogen-bond donors (Lipinski definition) is 2. The summed E-state index contributed by atoms with van der Waals surface area (Å²) < 4.78 is 18.5. The van der Waals surface area contributed by atoms with Crippen LogP contribution in [0.1, 0.15) is 17.5 Å². The van der Waals surface area contributed by atoms with Crippen LogP contribution in [0.3, 0.4) is 0 Å². The van der Waals surface area contributed by atoms with Gasteiger partial charge in [-0.25, -0.2) is 4.39 Å². The maximum Gasteiger partial charge on any atom is 0.258 e. The van der Waals surface area contributed by atoms with Crippen molar-refractivity contribution in [3.05, 3.63) is 65.5 Å². The maximum atomic E-state index is 13.4. The van der Waals surface area contributed by atoms with E-state index in [9.17, 15) is 14.3 Å². The highest BCUT2D eigenvalue weighted by Gasteiger charge is 2.36. The zero-order valence-corrected chi connectivity index (χ0v) is 12.6. The number of amides is 1. The minimum absolute atomic E-state index is 0.0348. The first-order chi connectivity index (χ1) is 11.1. The minimum Gasteiger partial charge on any atom is -0.481 e. The van der Waals surface area contributed by atoms with E-state index in [1.54, 1.807) is 12.1 Å². The average molecular weight is 315 g/mol. The summed E-state index contributed by atoms with van der Waals surface area (Å²) in [5.74, 6) is -0.873. The average Bonchev–Trinajstić information content (AvgIpc) is 2.90. The van der Waals surface area contributed by atoms with Gasteiger partial charge in [0.15, 0.2) is 18.2 Å². The number of carbonyl (C=O) groups is 1. The minimum atomic E-state index is -1.05. The molecule has 0 heterocycles. The summed E-state index contributed by atoms with van der Waals surface area (Å²) in [5.41, 5.74) is 0.909. The van der Waals surface area contributed by atoms with Crippen molar-refractivity contribution in [1.82, 2.24) is 5.32 Å². The Hall–Kier alpha value is -2.40. The third-order valence-electron chi connectivity index (χ3n) is 4.10. The zero-order chi connectivity index (χ0) is 16.3. The van der Waals surface area contributed by atoms with Crippen molar-refractivity contribution in [2.24, 2.45) is 0 Å². The molecule has 0 radical (unpaired) electrons. The van der Waals surface area contributed by atoms with Crippen molar-refractivity contribution in [3.63, 3.8) is 0 Å². The van der Waals surface area contributed by atoms with E-state index in [-0.39, 0.29) is 18.9 Å². The van der Waals surface area contributed by atoms with Crippen LogP contribution in [0.4, 0.5) is 4.39 Å². The molecule has 0 saturated carbocycles. The molecular formula is C18H18FNO3. The van der Waals surface area contributed by atoms with Crippen molar-refractivity contribution >= 4 is 5.91 Å². The Morgan fingerprint density at radius 2 is 1.96 bits per heavy atom. The molecule has 1 amide bonds. The molecule has 0 fully saturated rings. The van der Waals surface area contributed by atoms with Crippen LogP contribution < -0.4 is 10.1 Å². The van der Waals surface area contributed by atoms with Gasteiger partial charge in [-0.2, -0.15) is 0 Å². The molecule has 0 unspecified atom stereocenters. The first kappa shape index (κ1) is 15.5. The van der Waals surface area contributed by atoms with E-state index in [4.69, 9.17) is 4.74 Å². The number of rotatable bonds is 5. The quantitative estimate of drug-likeness (QED) is 0.889. The van der Waals surface area contributed by atoms with Crippen molar-refractivity contribution in [3.8, 4) is 5.75 Å². The third-order valence-corrected chi connectivity index (χ3v) is 4.10. The summed E-state index contributed by atoms with van der Waals surface area (Å²) in [5, 5.41) is 13.4. The standard InChI is InChI=1S/C18H18FNO3/c19-15-7-3-4-8-16(15)23-11-17(21)20-12-18(22)10-9-13-5-1-2-6-14(13)18/h1-8,22H,9-12H2,(H,20,21)/t18-/m0/s1. The molecular weight excluding hydrogens is 297 g/mol. The number of halogens is 1. The lowest BCUT2D eigenvalue weighted by Crippen LogP contribution is -2.41. The van der Waals surface area contributed by atoms with E-state index in [0.29, 0.717) is 6.42 Å². The molecule has 0 aliphatic heterocycles. The highest BCUT2D eigenvalue weighted by molar-refractivity contribution is 5.77. The van der Waals surface area contributed by atoms with Crippen LogP contribution in [-0.2, 0) is 16.8 Å². The molecule has 120 valence electrons. The van der Waals surface area contributed by atoms with E-state index < -0.39 is 17.3 Å². The van der Waals surface area contributed by atoms with Gasteiger partial charge in [-0.1, -0.05) is 36.4 Å². The number of aryl methyl sites for hydroxylation is 1. The lowest BCUT2D eigenvalue weighted by molar-refractivity contribution is -0.124. The molecule has 1 aliphatic carbocycles. The molecule has 5 heteroatoms. The number of fused-ring (bicyclic) bond motifs is 1. The summed E-state index contributed by atoms with van der Waals surface area (Å²) in [6, 6.07) is 13.6. The number of nitrogens with one attached hydrogen (secondary N) is 1. The van der Waals surface area contributed by atoms with Gasteiger partial charge in [0.1, 0.15) is 5.60 Å². The van der Waals surface area contributed by atoms with Crippen molar-refractivity contribution in [2.45, 2.75) is 18.4 Å². The Morgan fingerprint density at radius 3 is 2.78 bits per heavy atom. The van der Waals surface area contributed by atoms with Crippen molar-refractivity contribution in [1.29, 1.82) is 0 Å². The van der Waals surface area contributed by atoms with Gasteiger partial charge in [0.25, 0.3) is 5.91 Å². The highest BCUT2D eigenvalue weighted by Crippen LogP contribution is 2.36. The fourth-order valence-electron chi connectivity index (χ4n) is 2.85. The summed E-state index contributed by atoms with van der Waals surface area (Å²) in [7, 11) is 0. The summed E-state index contributed by atoms with van der Waals surface area (Å²) in [6.07, 6.45) is 1.36. The van der Waals surface area contributed by atoms with Crippen LogP contribution in [-0.4, -0.2) is 24.2 Å². The molecule has 2 aromatic rings. The number of benzene rings is 2. The van der Waals surface area contributed by atoms with Gasteiger partial charge < -0.3 is 15.2 Å². The Bertz CT molecular complexity index is 719. The smallest absolute Gasteiger partial charge is 0.258 e. The van der Waals surface area contributed by atoms with Gasteiger partial charge in [0.05, 0.1) is 6.54 Å². The molecule has 0 bridgehead atoms. The van der Waals surface area contributed by atoms with E-state index >= 15 is 0 Å². The van der Waals surface area contributed by atoms with Gasteiger partial charge in [-0.05, 0) is 36.1 Å². The molecule has 4 nitrogen and oxygen atoms in total. The molecule has 1 atom stereocenters. The summed E-state index contributed by atoms with van der Waals surface area (Å²) in [4.78, 5) is 11.9. The van der Waals surface area contributed by atoms with Gasteiger partial charge in [-0.15, -0.1) is 0 Å². The van der Waals surface area contributed by atoms with Crippen molar-refractivity contribution in [2.75, 3.05) is 13.2 Å². The third kappa shape index (κ3) is 3.35. The van der Waals surface area contributed by atoms with Gasteiger partial charge in [0, 0.05) is 0 Å². The lowest BCUT2D eigenvalue weighted by Gasteiger charge is -2.24. The zero-order valence-electron chi connectivity index (χ0n) is 12.6. The fraction of sp³-hybridized carbons (Fsp3) is 0.278. The summed E-state index contributed by atoms with van der Waals surface area (Å²) >= 11 is 0. The monoisotopic (exact) mass is 315 g/mol. The maximum absolute atomic E-state index is 13.4. The largest absolute Gasteiger partial charge is 0.481 e. The second kappa shape index (κ2) is 6.38. The Morgan fingerprint density at radius 1 is 1.22 bits per heavy atom. The van der Waals surface area contributed by atoms with Crippen LogP contribution in [0.25, 0.3) is 0 Å². The molecule has 3 rings (SSSR count). The Kier molecular flexibility index (Phi) is 4.30. The highest BCUT2D eigenvalue weighted by atomic mass is 19.1. The normalized spacial score (nSPS) is 19.2. The van der Waals surface area contributed by atoms with Crippen LogP contribution in [0, 0.1) is 5.82 Å². The number of hydrogen-bond acceptors (Lipinski definition) is 3. The Labute approximate surface area is 133 Å². The Balaban J connectivity index is 1.55. The first-order valence-corrected chi connectivity index (χ1v) is 7.53. The fourth-order valence-corrected chi connectivity index (χ4v) is 2.85. The van der Waals surface area contributed by atoms with Crippen LogP contribution in [0.15, 0.2) is 48.5 Å². The van der Waals surface area contributed by atoms with E-state index in [1.165, 1.54) is 12.1 Å². The van der Waals surface area contributed by atoms with E-state index in [0.717, 1.165) is 17.5 Å². The molecule has 2 N–H and O–H groups in total. The number of aliphatic hydroxyl groups is 1. The second-order valence-electron chi connectivity index (χ2n) is 5.68. The molecule has 0 spiro atoms. The number of para-hydroxylation sites is 1. The van der Waals surface area contributed by atoms with Crippen LogP contribution >= 0.6 is 0 Å². The predicted octanol–water partition coefficient (Wildman–Crippen LogP) is 2.15. The molecule has 1 aliphatic rings. The van der Waals surface area contributed by atoms with E-state index in [1.807, 2.05) is 24.3 Å². The molecule has 23 heavy (non-hydrogen) atoms. The topological polar surface area (TPSA) is 58.6 Å². The second-order valence-corrected chi connectivity index (χ2v) is 5.68. The molecule has 0 aromatic heterocycles. The molecule has 2 aromatic carbocycles. The summed E-state index contributed by atoms with van der Waals surface area (Å²) in [6.45, 7) is -0.178. The predicted molar refractivity (Wildman–Crippen MR) is 83.6 cm³/mol. The first-order valence-electron chi connectivity index (χ1n) is 7.53. The van der Waals surface area contributed by atoms with Crippen molar-refractivity contribution < 1.29 is 19.0 Å². The number of ether oxygens (including phenoxy) is 1. The van der Waals surface area contributed by atoms with E-state index in [2.05, 4.69) is 5.32 Å². The SMILES string of the molecule is O=C(COc1ccccc1F)NC[C@@]1(O)CCc2ccccc21. The van der Waals surface area contributed by atoms with Gasteiger partial charge in [-0.3, -0.25) is 4.79 Å². The van der Waals surface area contributed by atoms with Gasteiger partial charge in [0.2, 0.25) is 0 Å².